The van der Waals surface area contributed by atoms with E-state index in [1.54, 1.807) is 13.8 Å². The van der Waals surface area contributed by atoms with E-state index < -0.39 is 0 Å². The maximum absolute atomic E-state index is 12.2. The quantitative estimate of drug-likeness (QED) is 0.435. The highest BCUT2D eigenvalue weighted by Gasteiger charge is 2.14. The van der Waals surface area contributed by atoms with Gasteiger partial charge in [0.2, 0.25) is 47.4 Å². The lowest BCUT2D eigenvalue weighted by Gasteiger charge is -2.09. The van der Waals surface area contributed by atoms with Crippen molar-refractivity contribution in [3.63, 3.8) is 0 Å². The molecule has 4 amide bonds. The minimum atomic E-state index is -0.320. The Labute approximate surface area is 195 Å². The Bertz CT molecular complexity index is 929. The Hall–Kier alpha value is -4.10. The summed E-state index contributed by atoms with van der Waals surface area (Å²) in [6.07, 6.45) is 2.41. The van der Waals surface area contributed by atoms with Gasteiger partial charge in [-0.2, -0.15) is 29.9 Å². The van der Waals surface area contributed by atoms with E-state index in [2.05, 4.69) is 51.2 Å². The molecule has 0 radical (unpaired) electrons. The minimum Gasteiger partial charge on any atom is -0.294 e. The van der Waals surface area contributed by atoms with Gasteiger partial charge in [-0.25, -0.2) is 0 Å². The van der Waals surface area contributed by atoms with Crippen LogP contribution in [-0.2, 0) is 19.2 Å². The van der Waals surface area contributed by atoms with Crippen LogP contribution in [-0.4, -0.2) is 53.5 Å². The molecule has 0 atom stereocenters. The van der Waals surface area contributed by atoms with Crippen LogP contribution in [0.1, 0.15) is 63.0 Å². The molecule has 14 nitrogen and oxygen atoms in total. The van der Waals surface area contributed by atoms with Crippen LogP contribution >= 0.6 is 0 Å². The molecule has 0 unspecified atom stereocenters. The van der Waals surface area contributed by atoms with Crippen LogP contribution in [0.3, 0.4) is 0 Å². The molecule has 1 aliphatic heterocycles. The van der Waals surface area contributed by atoms with Crippen LogP contribution in [0.15, 0.2) is 0 Å². The SMILES string of the molecule is Cc1nc2nc(n1)NC(=O)CCCCC(=O)Nc1nc(C)nc(n1)NC(=O)CCCCC(=O)N2. The minimum absolute atomic E-state index is 0.0327. The number of aromatic nitrogens is 6. The number of anilines is 4. The molecule has 14 heteroatoms. The molecule has 1 aliphatic rings. The first-order valence-electron chi connectivity index (χ1n) is 10.9. The number of hydrogen-bond acceptors (Lipinski definition) is 10. The summed E-state index contributed by atoms with van der Waals surface area (Å²) in [6, 6.07) is 0. The van der Waals surface area contributed by atoms with Crippen molar-refractivity contribution in [1.29, 1.82) is 0 Å². The molecule has 2 aromatic rings. The van der Waals surface area contributed by atoms with E-state index in [0.29, 0.717) is 37.3 Å². The van der Waals surface area contributed by atoms with Crippen molar-refractivity contribution >= 4 is 47.4 Å². The number of nitrogens with zero attached hydrogens (tertiary/aromatic N) is 6. The van der Waals surface area contributed by atoms with Gasteiger partial charge in [-0.3, -0.25) is 40.4 Å². The van der Waals surface area contributed by atoms with Gasteiger partial charge in [-0.1, -0.05) is 0 Å². The molecule has 2 aromatic heterocycles. The molecule has 0 aliphatic carbocycles. The molecule has 0 spiro atoms. The molecular weight excluding hydrogens is 444 g/mol. The van der Waals surface area contributed by atoms with Crippen molar-refractivity contribution < 1.29 is 19.2 Å². The predicted octanol–water partition coefficient (Wildman–Crippen LogP) is 1.26. The second kappa shape index (κ2) is 11.7. The van der Waals surface area contributed by atoms with Gasteiger partial charge in [0.1, 0.15) is 11.6 Å². The average Bonchev–Trinajstić information content (AvgIpc) is 2.73. The van der Waals surface area contributed by atoms with Crippen molar-refractivity contribution in [2.75, 3.05) is 21.3 Å². The summed E-state index contributed by atoms with van der Waals surface area (Å²) in [5.41, 5.74) is 0. The van der Waals surface area contributed by atoms with Crippen molar-refractivity contribution in [3.8, 4) is 0 Å². The fourth-order valence-electron chi connectivity index (χ4n) is 3.08. The van der Waals surface area contributed by atoms with Gasteiger partial charge < -0.3 is 0 Å². The standard InChI is InChI=1S/C20H26N10O4/c1-11-21-17-25-13(31)7-3-5-9-15(33)27-19-23-12(2)24-20(30-19)28-16(34)10-6-4-8-14(32)26-18(22-11)29-17/h3-10H2,1-2H3,(H2,21,22,25,26,29,31,32)(H2,23,24,27,28,30,33,34). The smallest absolute Gasteiger partial charge is 0.234 e. The zero-order chi connectivity index (χ0) is 24.5. The first-order valence-corrected chi connectivity index (χ1v) is 10.9. The van der Waals surface area contributed by atoms with E-state index in [1.807, 2.05) is 0 Å². The first kappa shape index (κ1) is 24.5. The van der Waals surface area contributed by atoms with Crippen LogP contribution in [0.25, 0.3) is 0 Å². The van der Waals surface area contributed by atoms with Crippen LogP contribution < -0.4 is 21.3 Å². The van der Waals surface area contributed by atoms with Gasteiger partial charge >= 0.3 is 0 Å². The molecule has 3 heterocycles. The summed E-state index contributed by atoms with van der Waals surface area (Å²) >= 11 is 0. The van der Waals surface area contributed by atoms with E-state index in [1.165, 1.54) is 0 Å². The number of rotatable bonds is 0. The highest BCUT2D eigenvalue weighted by atomic mass is 16.2. The molecule has 0 aromatic carbocycles. The maximum atomic E-state index is 12.2. The number of amides is 4. The Morgan fingerprint density at radius 2 is 0.676 bits per heavy atom. The Morgan fingerprint density at radius 1 is 0.441 bits per heavy atom. The van der Waals surface area contributed by atoms with Crippen molar-refractivity contribution in [2.45, 2.75) is 65.2 Å². The number of aryl methyl sites for hydroxylation is 2. The predicted molar refractivity (Wildman–Crippen MR) is 121 cm³/mol. The average molecular weight is 470 g/mol. The zero-order valence-electron chi connectivity index (χ0n) is 19.0. The third-order valence-electron chi connectivity index (χ3n) is 4.61. The zero-order valence-corrected chi connectivity index (χ0v) is 19.0. The Kier molecular flexibility index (Phi) is 8.43. The van der Waals surface area contributed by atoms with E-state index in [-0.39, 0.29) is 73.1 Å². The monoisotopic (exact) mass is 470 g/mol. The summed E-state index contributed by atoms with van der Waals surface area (Å²) in [7, 11) is 0. The number of carbonyl (C=O) groups excluding carboxylic acids is 4. The van der Waals surface area contributed by atoms with E-state index in [4.69, 9.17) is 0 Å². The van der Waals surface area contributed by atoms with Gasteiger partial charge in [-0.15, -0.1) is 0 Å². The lowest BCUT2D eigenvalue weighted by Crippen LogP contribution is -2.20. The molecule has 3 rings (SSSR count). The normalized spacial score (nSPS) is 16.8. The summed E-state index contributed by atoms with van der Waals surface area (Å²) in [4.78, 5) is 73.2. The van der Waals surface area contributed by atoms with Gasteiger partial charge in [0.25, 0.3) is 0 Å². The van der Waals surface area contributed by atoms with Crippen LogP contribution in [0, 0.1) is 13.8 Å². The number of carbonyl (C=O) groups is 4. The van der Waals surface area contributed by atoms with Crippen molar-refractivity contribution in [2.24, 2.45) is 0 Å². The lowest BCUT2D eigenvalue weighted by molar-refractivity contribution is -0.118. The van der Waals surface area contributed by atoms with Gasteiger partial charge in [0, 0.05) is 25.7 Å². The topological polar surface area (TPSA) is 194 Å². The highest BCUT2D eigenvalue weighted by molar-refractivity contribution is 5.92. The number of fused-ring (bicyclic) bond motifs is 4. The maximum Gasteiger partial charge on any atom is 0.234 e. The number of hydrogen-bond donors (Lipinski definition) is 4. The molecular formula is C20H26N10O4. The first-order chi connectivity index (χ1) is 16.3. The summed E-state index contributed by atoms with van der Waals surface area (Å²) < 4.78 is 0. The lowest BCUT2D eigenvalue weighted by atomic mass is 10.2. The molecule has 4 N–H and O–H groups in total. The second-order valence-corrected chi connectivity index (χ2v) is 7.67. The van der Waals surface area contributed by atoms with E-state index >= 15 is 0 Å². The van der Waals surface area contributed by atoms with Gasteiger partial charge in [0.15, 0.2) is 0 Å². The summed E-state index contributed by atoms with van der Waals surface area (Å²) in [6.45, 7) is 3.23. The Morgan fingerprint density at radius 3 is 0.912 bits per heavy atom. The highest BCUT2D eigenvalue weighted by Crippen LogP contribution is 2.11. The molecule has 180 valence electrons. The molecule has 34 heavy (non-hydrogen) atoms. The molecule has 4 bridgehead atoms. The summed E-state index contributed by atoms with van der Waals surface area (Å²) in [5, 5.41) is 10.3. The van der Waals surface area contributed by atoms with Crippen LogP contribution in [0.4, 0.5) is 23.8 Å². The second-order valence-electron chi connectivity index (χ2n) is 7.67. The van der Waals surface area contributed by atoms with Crippen LogP contribution in [0.2, 0.25) is 0 Å². The largest absolute Gasteiger partial charge is 0.294 e. The third-order valence-corrected chi connectivity index (χ3v) is 4.61. The van der Waals surface area contributed by atoms with Crippen molar-refractivity contribution in [1.82, 2.24) is 29.9 Å². The van der Waals surface area contributed by atoms with Crippen molar-refractivity contribution in [3.05, 3.63) is 11.6 Å². The Balaban J connectivity index is 1.70. The van der Waals surface area contributed by atoms with E-state index in [0.717, 1.165) is 0 Å². The third kappa shape index (κ3) is 8.11. The van der Waals surface area contributed by atoms with Gasteiger partial charge in [0.05, 0.1) is 0 Å². The molecule has 0 fully saturated rings. The summed E-state index contributed by atoms with van der Waals surface area (Å²) in [5.74, 6) is -0.489. The fourth-order valence-corrected chi connectivity index (χ4v) is 3.08. The molecule has 0 saturated carbocycles. The van der Waals surface area contributed by atoms with E-state index in [9.17, 15) is 19.2 Å². The molecule has 0 saturated heterocycles. The number of nitrogens with one attached hydrogen (secondary N) is 4. The van der Waals surface area contributed by atoms with Gasteiger partial charge in [-0.05, 0) is 39.5 Å². The fraction of sp³-hybridized carbons (Fsp3) is 0.500. The van der Waals surface area contributed by atoms with Crippen LogP contribution in [0.5, 0.6) is 0 Å².